The molecular formula is C14H9ClN2O. The molecule has 1 amide bonds. The largest absolute Gasteiger partial charge is 0.305 e. The van der Waals surface area contributed by atoms with Crippen LogP contribution >= 0.6 is 11.6 Å². The molecular weight excluding hydrogens is 248 g/mol. The molecule has 0 bridgehead atoms. The molecule has 1 unspecified atom stereocenters. The van der Waals surface area contributed by atoms with Crippen LogP contribution in [0.3, 0.4) is 0 Å². The molecule has 88 valence electrons. The van der Waals surface area contributed by atoms with E-state index < -0.39 is 5.38 Å². The maximum Gasteiger partial charge on any atom is 0.259 e. The molecule has 0 radical (unpaired) electrons. The van der Waals surface area contributed by atoms with Crippen LogP contribution in [0.2, 0.25) is 0 Å². The fourth-order valence-electron chi connectivity index (χ4n) is 2.36. The molecule has 0 saturated heterocycles. The van der Waals surface area contributed by atoms with Crippen molar-refractivity contribution in [1.82, 2.24) is 0 Å². The zero-order chi connectivity index (χ0) is 12.7. The van der Waals surface area contributed by atoms with Crippen molar-refractivity contribution in [2.24, 2.45) is 0 Å². The van der Waals surface area contributed by atoms with Crippen molar-refractivity contribution in [2.75, 3.05) is 11.4 Å². The van der Waals surface area contributed by atoms with Gasteiger partial charge in [-0.1, -0.05) is 24.3 Å². The molecule has 0 saturated carbocycles. The topological polar surface area (TPSA) is 44.1 Å². The average Bonchev–Trinajstić information content (AvgIpc) is 2.67. The minimum Gasteiger partial charge on any atom is -0.305 e. The van der Waals surface area contributed by atoms with Crippen LogP contribution in [0.15, 0.2) is 36.4 Å². The Hall–Kier alpha value is -2.05. The molecule has 1 atom stereocenters. The van der Waals surface area contributed by atoms with Crippen LogP contribution in [0.25, 0.3) is 10.8 Å². The number of carbonyl (C=O) groups excluding carboxylic acids is 1. The molecule has 0 spiro atoms. The molecule has 4 heteroatoms. The second-order valence-corrected chi connectivity index (χ2v) is 4.72. The Morgan fingerprint density at radius 3 is 2.72 bits per heavy atom. The van der Waals surface area contributed by atoms with Gasteiger partial charge in [0.25, 0.3) is 5.91 Å². The zero-order valence-corrected chi connectivity index (χ0v) is 10.2. The average molecular weight is 257 g/mol. The number of nitriles is 1. The lowest BCUT2D eigenvalue weighted by Gasteiger charge is -2.17. The van der Waals surface area contributed by atoms with Crippen LogP contribution < -0.4 is 4.90 Å². The molecule has 0 N–H and O–H groups in total. The normalized spacial score (nSPS) is 14.9. The monoisotopic (exact) mass is 256 g/mol. The summed E-state index contributed by atoms with van der Waals surface area (Å²) in [5.74, 6) is -0.0808. The van der Waals surface area contributed by atoms with Crippen LogP contribution in [0.5, 0.6) is 0 Å². The number of halogens is 1. The van der Waals surface area contributed by atoms with Gasteiger partial charge in [-0.05, 0) is 17.5 Å². The standard InChI is InChI=1S/C14H9ClN2O/c15-10(7-16)8-17-12-6-2-4-9-3-1-5-11(13(9)12)14(17)18/h1-6,10H,8H2. The fraction of sp³-hybridized carbons (Fsp3) is 0.143. The summed E-state index contributed by atoms with van der Waals surface area (Å²) >= 11 is 5.83. The van der Waals surface area contributed by atoms with Gasteiger partial charge >= 0.3 is 0 Å². The first-order chi connectivity index (χ1) is 8.72. The van der Waals surface area contributed by atoms with Gasteiger partial charge in [0.2, 0.25) is 0 Å². The van der Waals surface area contributed by atoms with Gasteiger partial charge in [-0.3, -0.25) is 4.79 Å². The molecule has 2 aromatic rings. The van der Waals surface area contributed by atoms with Crippen LogP contribution in [-0.2, 0) is 0 Å². The van der Waals surface area contributed by atoms with Gasteiger partial charge in [0.1, 0.15) is 5.38 Å². The van der Waals surface area contributed by atoms with Crippen LogP contribution in [0.1, 0.15) is 10.4 Å². The smallest absolute Gasteiger partial charge is 0.259 e. The number of benzene rings is 2. The van der Waals surface area contributed by atoms with E-state index in [-0.39, 0.29) is 12.5 Å². The van der Waals surface area contributed by atoms with Gasteiger partial charge in [0.15, 0.2) is 0 Å². The third kappa shape index (κ3) is 1.47. The highest BCUT2D eigenvalue weighted by Crippen LogP contribution is 2.37. The van der Waals surface area contributed by atoms with Gasteiger partial charge < -0.3 is 4.90 Å². The Bertz CT molecular complexity index is 684. The second kappa shape index (κ2) is 4.01. The molecule has 18 heavy (non-hydrogen) atoms. The zero-order valence-electron chi connectivity index (χ0n) is 9.43. The first-order valence-corrected chi connectivity index (χ1v) is 6.03. The lowest BCUT2D eigenvalue weighted by Crippen LogP contribution is -2.32. The molecule has 2 aromatic carbocycles. The maximum absolute atomic E-state index is 12.3. The minimum absolute atomic E-state index is 0.0808. The van der Waals surface area contributed by atoms with Crippen molar-refractivity contribution in [3.05, 3.63) is 42.0 Å². The second-order valence-electron chi connectivity index (χ2n) is 4.19. The lowest BCUT2D eigenvalue weighted by molar-refractivity contribution is 0.0994. The molecule has 0 fully saturated rings. The van der Waals surface area contributed by atoms with E-state index in [0.29, 0.717) is 5.56 Å². The highest BCUT2D eigenvalue weighted by atomic mass is 35.5. The summed E-state index contributed by atoms with van der Waals surface area (Å²) in [6.07, 6.45) is 0. The van der Waals surface area contributed by atoms with Gasteiger partial charge in [0.05, 0.1) is 18.3 Å². The van der Waals surface area contributed by atoms with Crippen molar-refractivity contribution in [1.29, 1.82) is 5.26 Å². The number of alkyl halides is 1. The number of amides is 1. The third-order valence-corrected chi connectivity index (χ3v) is 3.37. The summed E-state index contributed by atoms with van der Waals surface area (Å²) in [4.78, 5) is 13.9. The number of anilines is 1. The summed E-state index contributed by atoms with van der Waals surface area (Å²) in [5, 5.41) is 10.1. The van der Waals surface area contributed by atoms with E-state index in [0.717, 1.165) is 16.5 Å². The number of hydrogen-bond acceptors (Lipinski definition) is 2. The van der Waals surface area contributed by atoms with Crippen molar-refractivity contribution < 1.29 is 4.79 Å². The Morgan fingerprint density at radius 2 is 2.00 bits per heavy atom. The molecule has 3 rings (SSSR count). The summed E-state index contributed by atoms with van der Waals surface area (Å²) in [7, 11) is 0. The fourth-order valence-corrected chi connectivity index (χ4v) is 2.50. The van der Waals surface area contributed by atoms with E-state index in [1.54, 1.807) is 4.90 Å². The number of rotatable bonds is 2. The van der Waals surface area contributed by atoms with Crippen LogP contribution in [-0.4, -0.2) is 17.8 Å². The maximum atomic E-state index is 12.3. The van der Waals surface area contributed by atoms with E-state index in [1.165, 1.54) is 0 Å². The van der Waals surface area contributed by atoms with Crippen molar-refractivity contribution in [3.8, 4) is 6.07 Å². The number of hydrogen-bond donors (Lipinski definition) is 0. The Balaban J connectivity index is 2.17. The van der Waals surface area contributed by atoms with Crippen molar-refractivity contribution in [2.45, 2.75) is 5.38 Å². The van der Waals surface area contributed by atoms with Crippen LogP contribution in [0, 0.1) is 11.3 Å². The summed E-state index contributed by atoms with van der Waals surface area (Å²) in [6, 6.07) is 13.4. The van der Waals surface area contributed by atoms with E-state index in [1.807, 2.05) is 42.5 Å². The van der Waals surface area contributed by atoms with E-state index in [9.17, 15) is 4.79 Å². The molecule has 1 heterocycles. The van der Waals surface area contributed by atoms with Gasteiger partial charge in [0, 0.05) is 10.9 Å². The first-order valence-electron chi connectivity index (χ1n) is 5.59. The minimum atomic E-state index is -0.696. The van der Waals surface area contributed by atoms with Gasteiger partial charge in [-0.2, -0.15) is 5.26 Å². The molecule has 1 aliphatic heterocycles. The Labute approximate surface area is 109 Å². The first kappa shape index (κ1) is 11.1. The van der Waals surface area contributed by atoms with Gasteiger partial charge in [-0.15, -0.1) is 11.6 Å². The highest BCUT2D eigenvalue weighted by Gasteiger charge is 2.30. The molecule has 1 aliphatic rings. The number of nitrogens with zero attached hydrogens (tertiary/aromatic N) is 2. The predicted molar refractivity (Wildman–Crippen MR) is 70.9 cm³/mol. The summed E-state index contributed by atoms with van der Waals surface area (Å²) in [6.45, 7) is 0.213. The lowest BCUT2D eigenvalue weighted by atomic mass is 10.1. The van der Waals surface area contributed by atoms with Crippen LogP contribution in [0.4, 0.5) is 5.69 Å². The quantitative estimate of drug-likeness (QED) is 0.776. The summed E-state index contributed by atoms with van der Waals surface area (Å²) in [5.41, 5.74) is 1.53. The van der Waals surface area contributed by atoms with Crippen molar-refractivity contribution >= 4 is 34.0 Å². The van der Waals surface area contributed by atoms with E-state index in [4.69, 9.17) is 16.9 Å². The third-order valence-electron chi connectivity index (χ3n) is 3.13. The SMILES string of the molecule is N#CC(Cl)CN1C(=O)c2cccc3cccc1c23. The van der Waals surface area contributed by atoms with E-state index >= 15 is 0 Å². The van der Waals surface area contributed by atoms with Gasteiger partial charge in [-0.25, -0.2) is 0 Å². The summed E-state index contributed by atoms with van der Waals surface area (Å²) < 4.78 is 0. The van der Waals surface area contributed by atoms with E-state index in [2.05, 4.69) is 0 Å². The van der Waals surface area contributed by atoms with Crippen molar-refractivity contribution in [3.63, 3.8) is 0 Å². The predicted octanol–water partition coefficient (Wildman–Crippen LogP) is 2.93. The molecule has 0 aliphatic carbocycles. The Morgan fingerprint density at radius 1 is 1.28 bits per heavy atom. The highest BCUT2D eigenvalue weighted by molar-refractivity contribution is 6.27. The number of carbonyl (C=O) groups is 1. The molecule has 0 aromatic heterocycles. The molecule has 3 nitrogen and oxygen atoms in total. The Kier molecular flexibility index (Phi) is 2.46.